The van der Waals surface area contributed by atoms with Crippen LogP contribution in [0.2, 0.25) is 0 Å². The Morgan fingerprint density at radius 1 is 1.16 bits per heavy atom. The minimum absolute atomic E-state index is 0.0269. The highest BCUT2D eigenvalue weighted by Crippen LogP contribution is 2.34. The van der Waals surface area contributed by atoms with Gasteiger partial charge in [-0.1, -0.05) is 37.3 Å². The number of carbonyl (C=O) groups is 2. The van der Waals surface area contributed by atoms with E-state index in [0.717, 1.165) is 24.1 Å². The van der Waals surface area contributed by atoms with Crippen molar-refractivity contribution < 1.29 is 9.59 Å². The fourth-order valence-corrected chi connectivity index (χ4v) is 3.31. The van der Waals surface area contributed by atoms with Crippen molar-refractivity contribution >= 4 is 17.5 Å². The third kappa shape index (κ3) is 3.73. The lowest BCUT2D eigenvalue weighted by Crippen LogP contribution is -2.35. The first-order valence-corrected chi connectivity index (χ1v) is 8.87. The summed E-state index contributed by atoms with van der Waals surface area (Å²) in [6, 6.07) is 15.7. The van der Waals surface area contributed by atoms with E-state index in [2.05, 4.69) is 18.3 Å². The van der Waals surface area contributed by atoms with Crippen molar-refractivity contribution in [2.45, 2.75) is 45.7 Å². The molecule has 0 saturated carbocycles. The SMILES string of the molecule is CCCC(=O)NCc1ccc2c(c1)N(C(=O)c1ccccc1)C(C)C2. The lowest BCUT2D eigenvalue weighted by atomic mass is 10.1. The van der Waals surface area contributed by atoms with Crippen molar-refractivity contribution in [3.63, 3.8) is 0 Å². The van der Waals surface area contributed by atoms with E-state index in [-0.39, 0.29) is 17.9 Å². The van der Waals surface area contributed by atoms with Gasteiger partial charge in [0.25, 0.3) is 5.91 Å². The molecule has 1 heterocycles. The molecule has 4 heteroatoms. The van der Waals surface area contributed by atoms with Crippen LogP contribution in [-0.4, -0.2) is 17.9 Å². The summed E-state index contributed by atoms with van der Waals surface area (Å²) in [5.74, 6) is 0.0904. The minimum Gasteiger partial charge on any atom is -0.352 e. The van der Waals surface area contributed by atoms with Crippen LogP contribution in [0.4, 0.5) is 5.69 Å². The largest absolute Gasteiger partial charge is 0.352 e. The molecule has 2 aromatic rings. The Morgan fingerprint density at radius 3 is 2.64 bits per heavy atom. The van der Waals surface area contributed by atoms with Crippen LogP contribution in [0.25, 0.3) is 0 Å². The number of hydrogen-bond acceptors (Lipinski definition) is 2. The van der Waals surface area contributed by atoms with Crippen molar-refractivity contribution in [2.24, 2.45) is 0 Å². The molecular weight excluding hydrogens is 312 g/mol. The quantitative estimate of drug-likeness (QED) is 0.905. The maximum absolute atomic E-state index is 12.9. The second-order valence-corrected chi connectivity index (χ2v) is 6.58. The average Bonchev–Trinajstić information content (AvgIpc) is 2.95. The van der Waals surface area contributed by atoms with Gasteiger partial charge in [0.05, 0.1) is 0 Å². The summed E-state index contributed by atoms with van der Waals surface area (Å²) in [5, 5.41) is 2.94. The number of rotatable bonds is 5. The molecule has 0 bridgehead atoms. The summed E-state index contributed by atoms with van der Waals surface area (Å²) in [7, 11) is 0. The van der Waals surface area contributed by atoms with Crippen molar-refractivity contribution in [3.05, 3.63) is 65.2 Å². The molecule has 2 amide bonds. The van der Waals surface area contributed by atoms with Crippen molar-refractivity contribution in [1.82, 2.24) is 5.32 Å². The molecule has 1 atom stereocenters. The van der Waals surface area contributed by atoms with Crippen molar-refractivity contribution in [3.8, 4) is 0 Å². The van der Waals surface area contributed by atoms with E-state index < -0.39 is 0 Å². The highest BCUT2D eigenvalue weighted by molar-refractivity contribution is 6.07. The van der Waals surface area contributed by atoms with Crippen LogP contribution in [0.3, 0.4) is 0 Å². The summed E-state index contributed by atoms with van der Waals surface area (Å²) in [4.78, 5) is 26.5. The van der Waals surface area contributed by atoms with Gasteiger partial charge in [0, 0.05) is 30.3 Å². The number of nitrogens with zero attached hydrogens (tertiary/aromatic N) is 1. The summed E-state index contributed by atoms with van der Waals surface area (Å²) in [5.41, 5.74) is 3.86. The minimum atomic E-state index is 0.0269. The molecule has 0 aromatic heterocycles. The van der Waals surface area contributed by atoms with Crippen molar-refractivity contribution in [2.75, 3.05) is 4.90 Å². The zero-order valence-electron chi connectivity index (χ0n) is 14.8. The predicted molar refractivity (Wildman–Crippen MR) is 99.6 cm³/mol. The predicted octanol–water partition coefficient (Wildman–Crippen LogP) is 3.69. The van der Waals surface area contributed by atoms with Gasteiger partial charge in [-0.3, -0.25) is 9.59 Å². The summed E-state index contributed by atoms with van der Waals surface area (Å²) in [6.07, 6.45) is 2.24. The number of amides is 2. The molecule has 0 saturated heterocycles. The summed E-state index contributed by atoms with van der Waals surface area (Å²) >= 11 is 0. The van der Waals surface area contributed by atoms with E-state index in [0.29, 0.717) is 18.5 Å². The second kappa shape index (κ2) is 7.51. The van der Waals surface area contributed by atoms with Gasteiger partial charge in [-0.05, 0) is 49.1 Å². The molecule has 1 aliphatic rings. The highest BCUT2D eigenvalue weighted by Gasteiger charge is 2.31. The fourth-order valence-electron chi connectivity index (χ4n) is 3.31. The maximum Gasteiger partial charge on any atom is 0.258 e. The number of nitrogens with one attached hydrogen (secondary N) is 1. The lowest BCUT2D eigenvalue weighted by Gasteiger charge is -2.23. The monoisotopic (exact) mass is 336 g/mol. The van der Waals surface area contributed by atoms with E-state index >= 15 is 0 Å². The van der Waals surface area contributed by atoms with Crippen LogP contribution in [0, 0.1) is 0 Å². The Labute approximate surface area is 148 Å². The molecule has 3 rings (SSSR count). The van der Waals surface area contributed by atoms with E-state index in [1.807, 2.05) is 54.3 Å². The molecule has 25 heavy (non-hydrogen) atoms. The van der Waals surface area contributed by atoms with E-state index in [1.54, 1.807) is 0 Å². The molecule has 1 N–H and O–H groups in total. The van der Waals surface area contributed by atoms with Gasteiger partial charge >= 0.3 is 0 Å². The number of benzene rings is 2. The number of hydrogen-bond donors (Lipinski definition) is 1. The number of anilines is 1. The number of carbonyl (C=O) groups excluding carboxylic acids is 2. The molecule has 1 unspecified atom stereocenters. The smallest absolute Gasteiger partial charge is 0.258 e. The first kappa shape index (κ1) is 17.2. The Kier molecular flexibility index (Phi) is 5.17. The van der Waals surface area contributed by atoms with E-state index in [4.69, 9.17) is 0 Å². The summed E-state index contributed by atoms with van der Waals surface area (Å²) < 4.78 is 0. The Balaban J connectivity index is 1.81. The lowest BCUT2D eigenvalue weighted by molar-refractivity contribution is -0.121. The molecule has 4 nitrogen and oxygen atoms in total. The first-order valence-electron chi connectivity index (χ1n) is 8.87. The molecule has 0 radical (unpaired) electrons. The average molecular weight is 336 g/mol. The molecule has 0 aliphatic carbocycles. The molecule has 1 aliphatic heterocycles. The van der Waals surface area contributed by atoms with Gasteiger partial charge in [0.2, 0.25) is 5.91 Å². The van der Waals surface area contributed by atoms with Gasteiger partial charge < -0.3 is 10.2 Å². The first-order chi connectivity index (χ1) is 12.1. The molecule has 0 fully saturated rings. The van der Waals surface area contributed by atoms with Gasteiger partial charge in [-0.15, -0.1) is 0 Å². The molecular formula is C21H24N2O2. The van der Waals surface area contributed by atoms with Crippen molar-refractivity contribution in [1.29, 1.82) is 0 Å². The van der Waals surface area contributed by atoms with E-state index in [1.165, 1.54) is 5.56 Å². The van der Waals surface area contributed by atoms with E-state index in [9.17, 15) is 9.59 Å². The molecule has 0 spiro atoms. The zero-order valence-corrected chi connectivity index (χ0v) is 14.8. The standard InChI is InChI=1S/C21H24N2O2/c1-3-7-20(24)22-14-16-10-11-18-12-15(2)23(19(18)13-16)21(25)17-8-5-4-6-9-17/h4-6,8-11,13,15H,3,7,12,14H2,1-2H3,(H,22,24). The third-order valence-electron chi connectivity index (χ3n) is 4.57. The van der Waals surface area contributed by atoms with Crippen LogP contribution in [-0.2, 0) is 17.8 Å². The van der Waals surface area contributed by atoms with Crippen LogP contribution in [0.5, 0.6) is 0 Å². The van der Waals surface area contributed by atoms with Crippen LogP contribution in [0.1, 0.15) is 48.2 Å². The normalized spacial score (nSPS) is 15.8. The van der Waals surface area contributed by atoms with Crippen LogP contribution in [0.15, 0.2) is 48.5 Å². The maximum atomic E-state index is 12.9. The van der Waals surface area contributed by atoms with Crippen LogP contribution < -0.4 is 10.2 Å². The second-order valence-electron chi connectivity index (χ2n) is 6.58. The molecule has 130 valence electrons. The van der Waals surface area contributed by atoms with Gasteiger partial charge in [-0.25, -0.2) is 0 Å². The summed E-state index contributed by atoms with van der Waals surface area (Å²) in [6.45, 7) is 4.56. The van der Waals surface area contributed by atoms with Gasteiger partial charge in [0.1, 0.15) is 0 Å². The third-order valence-corrected chi connectivity index (χ3v) is 4.57. The molecule has 2 aromatic carbocycles. The topological polar surface area (TPSA) is 49.4 Å². The Bertz CT molecular complexity index is 771. The number of fused-ring (bicyclic) bond motifs is 1. The van der Waals surface area contributed by atoms with Gasteiger partial charge in [-0.2, -0.15) is 0 Å². The fraction of sp³-hybridized carbons (Fsp3) is 0.333. The zero-order chi connectivity index (χ0) is 17.8. The Hall–Kier alpha value is -2.62. The highest BCUT2D eigenvalue weighted by atomic mass is 16.2. The van der Waals surface area contributed by atoms with Crippen LogP contribution >= 0.6 is 0 Å². The Morgan fingerprint density at radius 2 is 1.92 bits per heavy atom. The van der Waals surface area contributed by atoms with Gasteiger partial charge in [0.15, 0.2) is 0 Å².